The van der Waals surface area contributed by atoms with Gasteiger partial charge < -0.3 is 0 Å². The molecule has 0 N–H and O–H groups in total. The second-order valence-electron chi connectivity index (χ2n) is 1.51. The van der Waals surface area contributed by atoms with Crippen molar-refractivity contribution in [3.8, 4) is 6.07 Å². The molecule has 0 amide bonds. The van der Waals surface area contributed by atoms with E-state index < -0.39 is 0 Å². The summed E-state index contributed by atoms with van der Waals surface area (Å²) in [5.74, 6) is 0. The van der Waals surface area contributed by atoms with Crippen LogP contribution in [0.4, 0.5) is 0 Å². The van der Waals surface area contributed by atoms with Crippen LogP contribution in [0, 0.1) is 11.3 Å². The van der Waals surface area contributed by atoms with Crippen LogP contribution in [0.15, 0.2) is 5.10 Å². The van der Waals surface area contributed by atoms with Gasteiger partial charge in [-0.1, -0.05) is 0 Å². The molecule has 0 aromatic heterocycles. The van der Waals surface area contributed by atoms with Gasteiger partial charge in [0.25, 0.3) is 0 Å². The molecule has 50 valence electrons. The van der Waals surface area contributed by atoms with Crippen LogP contribution in [-0.2, 0) is 0 Å². The zero-order valence-corrected chi connectivity index (χ0v) is 5.83. The molecule has 0 aromatic rings. The first-order chi connectivity index (χ1) is 4.35. The van der Waals surface area contributed by atoms with Gasteiger partial charge in [0.15, 0.2) is 0 Å². The van der Waals surface area contributed by atoms with Gasteiger partial charge in [-0.05, 0) is 13.8 Å². The molecule has 0 aliphatic rings. The van der Waals surface area contributed by atoms with Crippen LogP contribution in [-0.4, -0.2) is 24.3 Å². The van der Waals surface area contributed by atoms with Gasteiger partial charge in [-0.25, -0.2) is 0 Å². The summed E-state index contributed by atoms with van der Waals surface area (Å²) in [6.07, 6.45) is 1.24. The predicted molar refractivity (Wildman–Crippen MR) is 37.0 cm³/mol. The summed E-state index contributed by atoms with van der Waals surface area (Å²) in [6, 6.07) is 1.83. The zero-order chi connectivity index (χ0) is 7.11. The number of nitriles is 1. The van der Waals surface area contributed by atoms with E-state index in [4.69, 9.17) is 5.26 Å². The van der Waals surface area contributed by atoms with Crippen molar-refractivity contribution in [1.29, 1.82) is 5.26 Å². The molecule has 0 fully saturated rings. The molecular weight excluding hydrogens is 114 g/mol. The molecule has 0 heterocycles. The fourth-order valence-corrected chi connectivity index (χ4v) is 0.494. The number of rotatable bonds is 3. The Labute approximate surface area is 55.6 Å². The normalized spacial score (nSPS) is 9.44. The van der Waals surface area contributed by atoms with E-state index in [2.05, 4.69) is 5.10 Å². The first kappa shape index (κ1) is 7.96. The Morgan fingerprint density at radius 3 is 2.44 bits per heavy atom. The third-order valence-corrected chi connectivity index (χ3v) is 1.01. The van der Waals surface area contributed by atoms with Gasteiger partial charge in [-0.2, -0.15) is 10.4 Å². The summed E-state index contributed by atoms with van der Waals surface area (Å²) in [5, 5.41) is 13.7. The van der Waals surface area contributed by atoms with E-state index in [9.17, 15) is 0 Å². The Kier molecular flexibility index (Phi) is 4.51. The van der Waals surface area contributed by atoms with Crippen molar-refractivity contribution in [2.24, 2.45) is 5.10 Å². The van der Waals surface area contributed by atoms with Crippen molar-refractivity contribution in [3.63, 3.8) is 0 Å². The zero-order valence-electron chi connectivity index (χ0n) is 5.83. The average molecular weight is 125 g/mol. The Hall–Kier alpha value is -1.04. The van der Waals surface area contributed by atoms with Crippen LogP contribution >= 0.6 is 0 Å². The minimum absolute atomic E-state index is 0.856. The summed E-state index contributed by atoms with van der Waals surface area (Å²) >= 11 is 0. The van der Waals surface area contributed by atoms with Gasteiger partial charge >= 0.3 is 0 Å². The molecular formula is C6H11N3. The van der Waals surface area contributed by atoms with E-state index in [1.165, 1.54) is 6.21 Å². The van der Waals surface area contributed by atoms with Crippen LogP contribution in [0.2, 0.25) is 0 Å². The summed E-state index contributed by atoms with van der Waals surface area (Å²) < 4.78 is 0. The van der Waals surface area contributed by atoms with Crippen molar-refractivity contribution in [1.82, 2.24) is 5.01 Å². The topological polar surface area (TPSA) is 39.4 Å². The highest BCUT2D eigenvalue weighted by molar-refractivity contribution is 5.74. The maximum atomic E-state index is 8.08. The summed E-state index contributed by atoms with van der Waals surface area (Å²) in [4.78, 5) is 0. The van der Waals surface area contributed by atoms with Gasteiger partial charge in [0.2, 0.25) is 0 Å². The maximum absolute atomic E-state index is 8.08. The SMILES string of the molecule is CCN(CC)N=CC#N. The van der Waals surface area contributed by atoms with Gasteiger partial charge in [-0.15, -0.1) is 0 Å². The molecule has 9 heavy (non-hydrogen) atoms. The molecule has 0 aromatic carbocycles. The summed E-state index contributed by atoms with van der Waals surface area (Å²) in [5.41, 5.74) is 0. The first-order valence-electron chi connectivity index (χ1n) is 3.02. The number of nitrogens with zero attached hydrogens (tertiary/aromatic N) is 3. The van der Waals surface area contributed by atoms with E-state index in [-0.39, 0.29) is 0 Å². The highest BCUT2D eigenvalue weighted by Crippen LogP contribution is 1.83. The van der Waals surface area contributed by atoms with E-state index in [0.717, 1.165) is 13.1 Å². The molecule has 0 spiro atoms. The lowest BCUT2D eigenvalue weighted by Gasteiger charge is -2.11. The summed E-state index contributed by atoms with van der Waals surface area (Å²) in [7, 11) is 0. The molecule has 0 atom stereocenters. The van der Waals surface area contributed by atoms with E-state index in [1.807, 2.05) is 24.9 Å². The minimum atomic E-state index is 0.856. The smallest absolute Gasteiger partial charge is 0.124 e. The Morgan fingerprint density at radius 1 is 1.56 bits per heavy atom. The van der Waals surface area contributed by atoms with Gasteiger partial charge in [-0.3, -0.25) is 5.01 Å². The van der Waals surface area contributed by atoms with Crippen LogP contribution < -0.4 is 0 Å². The monoisotopic (exact) mass is 125 g/mol. The Morgan fingerprint density at radius 2 is 2.11 bits per heavy atom. The fourth-order valence-electron chi connectivity index (χ4n) is 0.494. The van der Waals surface area contributed by atoms with Gasteiger partial charge in [0.1, 0.15) is 12.3 Å². The van der Waals surface area contributed by atoms with Crippen molar-refractivity contribution in [2.45, 2.75) is 13.8 Å². The van der Waals surface area contributed by atoms with Crippen molar-refractivity contribution in [2.75, 3.05) is 13.1 Å². The quantitative estimate of drug-likeness (QED) is 0.414. The molecule has 0 radical (unpaired) electrons. The highest BCUT2D eigenvalue weighted by Gasteiger charge is 1.87. The molecule has 0 bridgehead atoms. The van der Waals surface area contributed by atoms with Crippen LogP contribution in [0.1, 0.15) is 13.8 Å². The van der Waals surface area contributed by atoms with Crippen LogP contribution in [0.25, 0.3) is 0 Å². The lowest BCUT2D eigenvalue weighted by molar-refractivity contribution is 0.323. The summed E-state index contributed by atoms with van der Waals surface area (Å²) in [6.45, 7) is 5.71. The first-order valence-corrected chi connectivity index (χ1v) is 3.02. The molecule has 3 heteroatoms. The molecule has 0 aliphatic carbocycles. The van der Waals surface area contributed by atoms with E-state index in [1.54, 1.807) is 0 Å². The second-order valence-corrected chi connectivity index (χ2v) is 1.51. The molecule has 3 nitrogen and oxygen atoms in total. The minimum Gasteiger partial charge on any atom is -0.297 e. The third kappa shape index (κ3) is 3.53. The van der Waals surface area contributed by atoms with Crippen LogP contribution in [0.3, 0.4) is 0 Å². The van der Waals surface area contributed by atoms with Crippen molar-refractivity contribution in [3.05, 3.63) is 0 Å². The molecule has 0 saturated heterocycles. The van der Waals surface area contributed by atoms with Crippen LogP contribution in [0.5, 0.6) is 0 Å². The Balaban J connectivity index is 3.57. The third-order valence-electron chi connectivity index (χ3n) is 1.01. The predicted octanol–water partition coefficient (Wildman–Crippen LogP) is 0.838. The maximum Gasteiger partial charge on any atom is 0.124 e. The largest absolute Gasteiger partial charge is 0.297 e. The standard InChI is InChI=1S/C6H11N3/c1-3-9(4-2)8-6-5-7/h6H,3-4H2,1-2H3. The lowest BCUT2D eigenvalue weighted by atomic mass is 10.6. The number of hydrogen-bond donors (Lipinski definition) is 0. The lowest BCUT2D eigenvalue weighted by Crippen LogP contribution is -2.15. The molecule has 0 rings (SSSR count). The molecule has 0 unspecified atom stereocenters. The second kappa shape index (κ2) is 5.10. The Bertz CT molecular complexity index is 119. The van der Waals surface area contributed by atoms with E-state index in [0.29, 0.717) is 0 Å². The number of hydrogen-bond acceptors (Lipinski definition) is 3. The average Bonchev–Trinajstić information content (AvgIpc) is 1.91. The highest BCUT2D eigenvalue weighted by atomic mass is 15.4. The molecule has 0 aliphatic heterocycles. The van der Waals surface area contributed by atoms with Gasteiger partial charge in [0.05, 0.1) is 0 Å². The van der Waals surface area contributed by atoms with Crippen molar-refractivity contribution < 1.29 is 0 Å². The number of hydrazone groups is 1. The van der Waals surface area contributed by atoms with E-state index >= 15 is 0 Å². The van der Waals surface area contributed by atoms with Gasteiger partial charge in [0, 0.05) is 13.1 Å². The molecule has 0 saturated carbocycles. The fraction of sp³-hybridized carbons (Fsp3) is 0.667. The van der Waals surface area contributed by atoms with Crippen molar-refractivity contribution >= 4 is 6.21 Å².